The number of nitrogens with two attached hydrogens (primary N) is 1. The fourth-order valence-electron chi connectivity index (χ4n) is 5.96. The summed E-state index contributed by atoms with van der Waals surface area (Å²) in [5.74, 6) is -7.69. The Hall–Kier alpha value is -3.01. The lowest BCUT2D eigenvalue weighted by molar-refractivity contribution is -0.169. The Labute approximate surface area is 190 Å². The van der Waals surface area contributed by atoms with Gasteiger partial charge in [0.15, 0.2) is 11.4 Å². The van der Waals surface area contributed by atoms with E-state index in [1.165, 1.54) is 19.0 Å². The van der Waals surface area contributed by atoms with Crippen LogP contribution in [-0.2, 0) is 20.8 Å². The van der Waals surface area contributed by atoms with Gasteiger partial charge in [-0.2, -0.15) is 0 Å². The topological polar surface area (TPSA) is 161 Å². The molecule has 0 aliphatic heterocycles. The van der Waals surface area contributed by atoms with Crippen molar-refractivity contribution < 1.29 is 34.8 Å². The van der Waals surface area contributed by atoms with Crippen LogP contribution >= 0.6 is 0 Å². The van der Waals surface area contributed by atoms with Crippen LogP contribution in [0.1, 0.15) is 36.5 Å². The van der Waals surface area contributed by atoms with Crippen molar-refractivity contribution in [1.82, 2.24) is 4.90 Å². The molecule has 0 aromatic heterocycles. The molecule has 3 aliphatic carbocycles. The van der Waals surface area contributed by atoms with Gasteiger partial charge in [0, 0.05) is 17.1 Å². The molecule has 3 aliphatic rings. The van der Waals surface area contributed by atoms with Crippen LogP contribution in [0, 0.1) is 11.8 Å². The molecule has 1 fully saturated rings. The molecular weight excluding hydrogens is 428 g/mol. The number of rotatable bonds is 3. The number of Topliss-reactive ketones (excluding diaryl/α,β-unsaturated/α-hetero) is 2. The monoisotopic (exact) mass is 456 g/mol. The SMILES string of the molecule is CCc1cccc2c1C(O)=C1C(=O)[C@]3(O)C(O)=C(C(N)=O)C(=O)[C@@H](N(C)C)[C@@H]3[C@@H](O)[C@@H]1[C@H]2C. The number of benzene rings is 1. The van der Waals surface area contributed by atoms with E-state index in [2.05, 4.69) is 0 Å². The van der Waals surface area contributed by atoms with Gasteiger partial charge in [-0.15, -0.1) is 0 Å². The number of aliphatic hydroxyl groups is 4. The van der Waals surface area contributed by atoms with Gasteiger partial charge in [0.1, 0.15) is 17.1 Å². The number of primary amides is 1. The first kappa shape index (κ1) is 23.2. The van der Waals surface area contributed by atoms with E-state index in [-0.39, 0.29) is 11.3 Å². The van der Waals surface area contributed by atoms with Gasteiger partial charge in [0.2, 0.25) is 5.78 Å². The maximum Gasteiger partial charge on any atom is 0.255 e. The Morgan fingerprint density at radius 1 is 1.21 bits per heavy atom. The maximum absolute atomic E-state index is 13.8. The third-order valence-corrected chi connectivity index (χ3v) is 7.48. The van der Waals surface area contributed by atoms with Crippen LogP contribution in [0.5, 0.6) is 0 Å². The number of ketones is 2. The standard InChI is InChI=1S/C24H28N2O7/c1-5-10-7-6-8-11-9(2)12-14(18(27)13(10)11)21(30)24(33)16(19(12)28)17(26(3)4)20(29)15(22(24)31)23(25)32/h6-9,12,16-17,19,27-28,31,33H,5H2,1-4H3,(H2,25,32)/t9-,12+,16+,17-,19-,24-/m0/s1. The summed E-state index contributed by atoms with van der Waals surface area (Å²) in [6.45, 7) is 3.70. The van der Waals surface area contributed by atoms with E-state index in [4.69, 9.17) is 5.73 Å². The van der Waals surface area contributed by atoms with E-state index in [1.54, 1.807) is 6.92 Å². The van der Waals surface area contributed by atoms with Gasteiger partial charge in [0.05, 0.1) is 18.1 Å². The summed E-state index contributed by atoms with van der Waals surface area (Å²) in [5, 5.41) is 45.2. The molecule has 33 heavy (non-hydrogen) atoms. The third kappa shape index (κ3) is 2.79. The summed E-state index contributed by atoms with van der Waals surface area (Å²) < 4.78 is 0. The summed E-state index contributed by atoms with van der Waals surface area (Å²) in [5.41, 5.74) is 3.35. The molecule has 6 N–H and O–H groups in total. The molecule has 0 radical (unpaired) electrons. The van der Waals surface area contributed by atoms with E-state index >= 15 is 0 Å². The van der Waals surface area contributed by atoms with Crippen LogP contribution in [-0.4, -0.2) is 74.6 Å². The zero-order valence-corrected chi connectivity index (χ0v) is 18.9. The summed E-state index contributed by atoms with van der Waals surface area (Å²) in [7, 11) is 2.99. The van der Waals surface area contributed by atoms with Gasteiger partial charge in [-0.1, -0.05) is 32.0 Å². The molecule has 0 heterocycles. The first-order chi connectivity index (χ1) is 15.4. The largest absolute Gasteiger partial charge is 0.508 e. The van der Waals surface area contributed by atoms with Crippen molar-refractivity contribution >= 4 is 23.2 Å². The van der Waals surface area contributed by atoms with Crippen molar-refractivity contribution in [2.24, 2.45) is 17.6 Å². The van der Waals surface area contributed by atoms with E-state index < -0.39 is 64.3 Å². The molecule has 1 aromatic rings. The van der Waals surface area contributed by atoms with Crippen molar-refractivity contribution in [1.29, 1.82) is 0 Å². The van der Waals surface area contributed by atoms with Gasteiger partial charge < -0.3 is 26.2 Å². The predicted octanol–water partition coefficient (Wildman–Crippen LogP) is 0.353. The summed E-state index contributed by atoms with van der Waals surface area (Å²) in [4.78, 5) is 40.3. The Kier molecular flexibility index (Phi) is 5.27. The number of amides is 1. The zero-order valence-electron chi connectivity index (χ0n) is 18.9. The number of aliphatic hydroxyl groups excluding tert-OH is 3. The Bertz CT molecular complexity index is 1150. The average molecular weight is 456 g/mol. The molecule has 1 amide bonds. The molecule has 4 rings (SSSR count). The van der Waals surface area contributed by atoms with Crippen LogP contribution in [0.4, 0.5) is 0 Å². The lowest BCUT2D eigenvalue weighted by atomic mass is 9.54. The average Bonchev–Trinajstić information content (AvgIpc) is 2.75. The number of hydrogen-bond acceptors (Lipinski definition) is 8. The van der Waals surface area contributed by atoms with Crippen LogP contribution in [0.15, 0.2) is 35.1 Å². The van der Waals surface area contributed by atoms with Gasteiger partial charge in [-0.3, -0.25) is 19.3 Å². The minimum atomic E-state index is -2.81. The Balaban J connectivity index is 2.06. The molecule has 0 bridgehead atoms. The second kappa shape index (κ2) is 7.51. The predicted molar refractivity (Wildman–Crippen MR) is 118 cm³/mol. The highest BCUT2D eigenvalue weighted by Gasteiger charge is 2.68. The number of carbonyl (C=O) groups is 3. The van der Waals surface area contributed by atoms with E-state index in [0.29, 0.717) is 12.0 Å². The number of hydrogen-bond donors (Lipinski definition) is 5. The molecular formula is C24H28N2O7. The minimum Gasteiger partial charge on any atom is -0.508 e. The molecule has 0 saturated heterocycles. The quantitative estimate of drug-likeness (QED) is 0.407. The molecule has 0 spiro atoms. The highest BCUT2D eigenvalue weighted by molar-refractivity contribution is 6.24. The van der Waals surface area contributed by atoms with Crippen LogP contribution in [0.25, 0.3) is 5.76 Å². The van der Waals surface area contributed by atoms with Gasteiger partial charge >= 0.3 is 0 Å². The molecule has 1 aromatic carbocycles. The molecule has 0 unspecified atom stereocenters. The molecule has 6 atom stereocenters. The van der Waals surface area contributed by atoms with Crippen LogP contribution in [0.2, 0.25) is 0 Å². The Morgan fingerprint density at radius 2 is 1.85 bits per heavy atom. The van der Waals surface area contributed by atoms with Crippen LogP contribution in [0.3, 0.4) is 0 Å². The number of fused-ring (bicyclic) bond motifs is 3. The fourth-order valence-corrected chi connectivity index (χ4v) is 5.96. The summed E-state index contributed by atoms with van der Waals surface area (Å²) in [6.07, 6.45) is -0.943. The van der Waals surface area contributed by atoms with Crippen molar-refractivity contribution in [3.63, 3.8) is 0 Å². The first-order valence-corrected chi connectivity index (χ1v) is 10.9. The number of aryl methyl sites for hydroxylation is 1. The first-order valence-electron chi connectivity index (χ1n) is 10.9. The van der Waals surface area contributed by atoms with Crippen molar-refractivity contribution in [2.45, 2.75) is 43.9 Å². The van der Waals surface area contributed by atoms with Gasteiger partial charge in [-0.05, 0) is 37.6 Å². The summed E-state index contributed by atoms with van der Waals surface area (Å²) >= 11 is 0. The van der Waals surface area contributed by atoms with Crippen molar-refractivity contribution in [3.8, 4) is 0 Å². The van der Waals surface area contributed by atoms with E-state index in [9.17, 15) is 34.8 Å². The van der Waals surface area contributed by atoms with E-state index in [0.717, 1.165) is 11.1 Å². The Morgan fingerprint density at radius 3 is 2.39 bits per heavy atom. The van der Waals surface area contributed by atoms with Crippen molar-refractivity contribution in [3.05, 3.63) is 51.8 Å². The lowest BCUT2D eigenvalue weighted by Crippen LogP contribution is -2.70. The number of carbonyl (C=O) groups excluding carboxylic acids is 3. The highest BCUT2D eigenvalue weighted by Crippen LogP contribution is 2.55. The van der Waals surface area contributed by atoms with Crippen molar-refractivity contribution in [2.75, 3.05) is 14.1 Å². The maximum atomic E-state index is 13.8. The molecule has 9 nitrogen and oxygen atoms in total. The second-order valence-corrected chi connectivity index (χ2v) is 9.28. The van der Waals surface area contributed by atoms with Gasteiger partial charge in [0.25, 0.3) is 5.91 Å². The fraction of sp³-hybridized carbons (Fsp3) is 0.458. The molecule has 176 valence electrons. The van der Waals surface area contributed by atoms with Gasteiger partial charge in [-0.25, -0.2) is 0 Å². The normalized spacial score (nSPS) is 33.7. The van der Waals surface area contributed by atoms with E-state index in [1.807, 2.05) is 25.1 Å². The zero-order chi connectivity index (χ0) is 24.6. The molecule has 1 saturated carbocycles. The molecule has 9 heteroatoms. The summed E-state index contributed by atoms with van der Waals surface area (Å²) in [6, 6.07) is 4.14. The third-order valence-electron chi connectivity index (χ3n) is 7.48. The number of likely N-dealkylation sites (N-methyl/N-ethyl adjacent to an activating group) is 1. The lowest BCUT2D eigenvalue weighted by Gasteiger charge is -2.53. The minimum absolute atomic E-state index is 0.232. The number of nitrogens with zero attached hydrogens (tertiary/aromatic N) is 1. The highest BCUT2D eigenvalue weighted by atomic mass is 16.4. The second-order valence-electron chi connectivity index (χ2n) is 9.28. The van der Waals surface area contributed by atoms with Crippen LogP contribution < -0.4 is 5.73 Å². The smallest absolute Gasteiger partial charge is 0.255 e.